The summed E-state index contributed by atoms with van der Waals surface area (Å²) >= 11 is 6.58. The molecule has 0 atom stereocenters. The molecular formula is C18H15N3O3S2. The molecule has 0 aliphatic carbocycles. The lowest BCUT2D eigenvalue weighted by molar-refractivity contribution is -0.384. The Bertz CT molecular complexity index is 906. The topological polar surface area (TPSA) is 66.7 Å². The first-order valence-electron chi connectivity index (χ1n) is 7.66. The summed E-state index contributed by atoms with van der Waals surface area (Å²) in [7, 11) is 3.89. The van der Waals surface area contributed by atoms with Gasteiger partial charge in [0.1, 0.15) is 0 Å². The van der Waals surface area contributed by atoms with Crippen LogP contribution in [0.4, 0.5) is 17.1 Å². The second kappa shape index (κ2) is 7.27. The maximum Gasteiger partial charge on any atom is 0.270 e. The monoisotopic (exact) mass is 385 g/mol. The zero-order valence-electron chi connectivity index (χ0n) is 14.1. The molecule has 1 aliphatic heterocycles. The molecule has 2 aromatic carbocycles. The molecule has 0 radical (unpaired) electrons. The van der Waals surface area contributed by atoms with Crippen LogP contribution in [0.3, 0.4) is 0 Å². The molecule has 1 amide bonds. The summed E-state index contributed by atoms with van der Waals surface area (Å²) in [4.78, 5) is 27.0. The van der Waals surface area contributed by atoms with E-state index in [9.17, 15) is 14.9 Å². The highest BCUT2D eigenvalue weighted by atomic mass is 32.2. The summed E-state index contributed by atoms with van der Waals surface area (Å²) in [5, 5.41) is 10.7. The van der Waals surface area contributed by atoms with Crippen LogP contribution < -0.4 is 9.80 Å². The first kappa shape index (κ1) is 18.1. The van der Waals surface area contributed by atoms with Crippen molar-refractivity contribution in [1.29, 1.82) is 0 Å². The van der Waals surface area contributed by atoms with Gasteiger partial charge in [0, 0.05) is 31.9 Å². The fourth-order valence-electron chi connectivity index (χ4n) is 2.43. The van der Waals surface area contributed by atoms with Crippen LogP contribution in [-0.2, 0) is 4.79 Å². The van der Waals surface area contributed by atoms with Crippen LogP contribution in [0.25, 0.3) is 6.08 Å². The number of hydrogen-bond acceptors (Lipinski definition) is 6. The van der Waals surface area contributed by atoms with Gasteiger partial charge in [0.2, 0.25) is 0 Å². The van der Waals surface area contributed by atoms with E-state index in [-0.39, 0.29) is 11.6 Å². The molecule has 132 valence electrons. The Labute approximate surface area is 160 Å². The highest BCUT2D eigenvalue weighted by Gasteiger charge is 2.33. The number of carbonyl (C=O) groups excluding carboxylic acids is 1. The minimum atomic E-state index is -0.458. The molecule has 6 nitrogen and oxygen atoms in total. The number of nitro groups is 1. The van der Waals surface area contributed by atoms with Gasteiger partial charge in [0.15, 0.2) is 4.32 Å². The molecule has 1 fully saturated rings. The molecule has 0 bridgehead atoms. The minimum Gasteiger partial charge on any atom is -0.378 e. The zero-order chi connectivity index (χ0) is 18.8. The number of rotatable bonds is 4. The number of amides is 1. The molecule has 2 aromatic rings. The summed E-state index contributed by atoms with van der Waals surface area (Å²) in [6.45, 7) is 0. The predicted octanol–water partition coefficient (Wildman–Crippen LogP) is 4.07. The Morgan fingerprint density at radius 2 is 1.73 bits per heavy atom. The highest BCUT2D eigenvalue weighted by molar-refractivity contribution is 8.27. The third-order valence-electron chi connectivity index (χ3n) is 3.82. The second-order valence-electron chi connectivity index (χ2n) is 5.78. The van der Waals surface area contributed by atoms with Crippen molar-refractivity contribution in [3.05, 3.63) is 69.1 Å². The Kier molecular flexibility index (Phi) is 5.06. The molecule has 0 unspecified atom stereocenters. The molecule has 0 N–H and O–H groups in total. The summed E-state index contributed by atoms with van der Waals surface area (Å²) in [6.07, 6.45) is 1.69. The molecule has 1 aliphatic rings. The van der Waals surface area contributed by atoms with Gasteiger partial charge in [-0.25, -0.2) is 0 Å². The van der Waals surface area contributed by atoms with E-state index >= 15 is 0 Å². The number of non-ortho nitro benzene ring substituents is 1. The van der Waals surface area contributed by atoms with Gasteiger partial charge in [-0.3, -0.25) is 19.8 Å². The van der Waals surface area contributed by atoms with Crippen molar-refractivity contribution in [2.45, 2.75) is 0 Å². The maximum absolute atomic E-state index is 12.7. The van der Waals surface area contributed by atoms with E-state index in [2.05, 4.69) is 0 Å². The van der Waals surface area contributed by atoms with Gasteiger partial charge in [-0.05, 0) is 48.0 Å². The van der Waals surface area contributed by atoms with E-state index < -0.39 is 4.92 Å². The van der Waals surface area contributed by atoms with Crippen molar-refractivity contribution in [2.24, 2.45) is 0 Å². The van der Waals surface area contributed by atoms with Crippen molar-refractivity contribution in [2.75, 3.05) is 23.9 Å². The maximum atomic E-state index is 12.7. The lowest BCUT2D eigenvalue weighted by atomic mass is 10.2. The molecule has 1 heterocycles. The van der Waals surface area contributed by atoms with Gasteiger partial charge < -0.3 is 4.90 Å². The van der Waals surface area contributed by atoms with E-state index in [1.165, 1.54) is 28.8 Å². The summed E-state index contributed by atoms with van der Waals surface area (Å²) in [5.74, 6) is -0.198. The Hall–Kier alpha value is -2.71. The third-order valence-corrected chi connectivity index (χ3v) is 5.12. The number of anilines is 2. The van der Waals surface area contributed by atoms with Gasteiger partial charge in [-0.15, -0.1) is 0 Å². The van der Waals surface area contributed by atoms with E-state index in [1.54, 1.807) is 18.2 Å². The summed E-state index contributed by atoms with van der Waals surface area (Å²) in [6, 6.07) is 13.6. The number of benzene rings is 2. The lowest BCUT2D eigenvalue weighted by Gasteiger charge is -2.17. The van der Waals surface area contributed by atoms with Gasteiger partial charge >= 0.3 is 0 Å². The van der Waals surface area contributed by atoms with Crippen molar-refractivity contribution >= 4 is 57.3 Å². The van der Waals surface area contributed by atoms with Crippen molar-refractivity contribution in [1.82, 2.24) is 0 Å². The first-order chi connectivity index (χ1) is 12.4. The van der Waals surface area contributed by atoms with Crippen LogP contribution in [0.15, 0.2) is 53.4 Å². The number of thiocarbonyl (C=S) groups is 1. The average molecular weight is 385 g/mol. The van der Waals surface area contributed by atoms with Crippen LogP contribution >= 0.6 is 24.0 Å². The fraction of sp³-hybridized carbons (Fsp3) is 0.111. The lowest BCUT2D eigenvalue weighted by Crippen LogP contribution is -2.27. The molecule has 0 saturated carbocycles. The number of carbonyl (C=O) groups is 1. The molecular weight excluding hydrogens is 370 g/mol. The Morgan fingerprint density at radius 1 is 1.12 bits per heavy atom. The van der Waals surface area contributed by atoms with Gasteiger partial charge in [0.05, 0.1) is 15.5 Å². The summed E-state index contributed by atoms with van der Waals surface area (Å²) in [5.41, 5.74) is 2.46. The van der Waals surface area contributed by atoms with E-state index in [1.807, 2.05) is 43.3 Å². The van der Waals surface area contributed by atoms with Crippen molar-refractivity contribution < 1.29 is 9.72 Å². The van der Waals surface area contributed by atoms with E-state index in [0.717, 1.165) is 5.69 Å². The Balaban J connectivity index is 1.85. The Morgan fingerprint density at radius 3 is 2.27 bits per heavy atom. The molecule has 8 heteroatoms. The standard InChI is InChI=1S/C18H15N3O3S2/c1-19(2)13-7-9-14(10-8-13)20-17(22)16(26-18(20)25)11-12-3-5-15(6-4-12)21(23)24/h3-11H,1-2H3/b16-11-. The molecule has 0 aromatic heterocycles. The predicted molar refractivity (Wildman–Crippen MR) is 110 cm³/mol. The van der Waals surface area contributed by atoms with Crippen LogP contribution in [0.5, 0.6) is 0 Å². The van der Waals surface area contributed by atoms with Crippen LogP contribution in [0.1, 0.15) is 5.56 Å². The molecule has 26 heavy (non-hydrogen) atoms. The smallest absolute Gasteiger partial charge is 0.270 e. The average Bonchev–Trinajstić information content (AvgIpc) is 2.89. The number of nitrogens with zero attached hydrogens (tertiary/aromatic N) is 3. The largest absolute Gasteiger partial charge is 0.378 e. The van der Waals surface area contributed by atoms with Crippen LogP contribution in [0.2, 0.25) is 0 Å². The normalized spacial score (nSPS) is 15.6. The first-order valence-corrected chi connectivity index (χ1v) is 8.89. The zero-order valence-corrected chi connectivity index (χ0v) is 15.7. The highest BCUT2D eigenvalue weighted by Crippen LogP contribution is 2.36. The second-order valence-corrected chi connectivity index (χ2v) is 7.45. The van der Waals surface area contributed by atoms with Gasteiger partial charge in [0.25, 0.3) is 11.6 Å². The number of nitro benzene ring substituents is 1. The van der Waals surface area contributed by atoms with Gasteiger partial charge in [-0.2, -0.15) is 0 Å². The molecule has 0 spiro atoms. The summed E-state index contributed by atoms with van der Waals surface area (Å²) < 4.78 is 0.459. The third kappa shape index (κ3) is 3.61. The molecule has 1 saturated heterocycles. The quantitative estimate of drug-likeness (QED) is 0.342. The molecule has 3 rings (SSSR count). The van der Waals surface area contributed by atoms with Crippen molar-refractivity contribution in [3.63, 3.8) is 0 Å². The van der Waals surface area contributed by atoms with Crippen LogP contribution in [-0.4, -0.2) is 29.2 Å². The van der Waals surface area contributed by atoms with E-state index in [0.29, 0.717) is 20.5 Å². The SMILES string of the molecule is CN(C)c1ccc(N2C(=O)/C(=C/c3ccc([N+](=O)[O-])cc3)SC2=S)cc1. The number of hydrogen-bond donors (Lipinski definition) is 0. The van der Waals surface area contributed by atoms with E-state index in [4.69, 9.17) is 12.2 Å². The minimum absolute atomic E-state index is 0.00989. The van der Waals surface area contributed by atoms with Crippen LogP contribution in [0, 0.1) is 10.1 Å². The number of thioether (sulfide) groups is 1. The van der Waals surface area contributed by atoms with Gasteiger partial charge in [-0.1, -0.05) is 24.0 Å². The van der Waals surface area contributed by atoms with Crippen molar-refractivity contribution in [3.8, 4) is 0 Å². The fourth-order valence-corrected chi connectivity index (χ4v) is 3.73.